The Labute approximate surface area is 159 Å². The second-order valence-electron chi connectivity index (χ2n) is 6.30. The van der Waals surface area contributed by atoms with E-state index in [9.17, 15) is 4.79 Å². The quantitative estimate of drug-likeness (QED) is 0.521. The largest absolute Gasteiger partial charge is 0.483 e. The van der Waals surface area contributed by atoms with E-state index in [4.69, 9.17) is 4.74 Å². The van der Waals surface area contributed by atoms with Gasteiger partial charge in [-0.15, -0.1) is 0 Å². The number of nitrogens with zero attached hydrogens (tertiary/aromatic N) is 1. The third kappa shape index (κ3) is 5.05. The minimum atomic E-state index is -0.307. The summed E-state index contributed by atoms with van der Waals surface area (Å²) in [5.41, 5.74) is 7.77. The molecule has 0 unspecified atom stereocenters. The van der Waals surface area contributed by atoms with E-state index in [0.717, 1.165) is 22.3 Å². The predicted octanol–water partition coefficient (Wildman–Crippen LogP) is 4.50. The molecule has 4 heteroatoms. The number of carbonyl (C=O) groups excluding carboxylic acids is 1. The van der Waals surface area contributed by atoms with Crippen molar-refractivity contribution < 1.29 is 9.53 Å². The van der Waals surface area contributed by atoms with Gasteiger partial charge >= 0.3 is 0 Å². The van der Waals surface area contributed by atoms with Gasteiger partial charge in [0.15, 0.2) is 6.61 Å². The third-order valence-corrected chi connectivity index (χ3v) is 4.15. The summed E-state index contributed by atoms with van der Waals surface area (Å²) in [6.07, 6.45) is 1.64. The second-order valence-corrected chi connectivity index (χ2v) is 6.30. The topological polar surface area (TPSA) is 50.7 Å². The zero-order valence-corrected chi connectivity index (χ0v) is 15.5. The van der Waals surface area contributed by atoms with Gasteiger partial charge in [0.2, 0.25) is 0 Å². The second kappa shape index (κ2) is 8.81. The Morgan fingerprint density at radius 3 is 2.52 bits per heavy atom. The van der Waals surface area contributed by atoms with Gasteiger partial charge in [-0.1, -0.05) is 72.3 Å². The fourth-order valence-electron chi connectivity index (χ4n) is 2.77. The van der Waals surface area contributed by atoms with Crippen molar-refractivity contribution in [3.8, 4) is 16.9 Å². The molecule has 0 aromatic heterocycles. The highest BCUT2D eigenvalue weighted by atomic mass is 16.5. The van der Waals surface area contributed by atoms with E-state index < -0.39 is 0 Å². The molecule has 0 heterocycles. The predicted molar refractivity (Wildman–Crippen MR) is 109 cm³/mol. The molecule has 0 spiro atoms. The Balaban J connectivity index is 1.59. The maximum atomic E-state index is 12.0. The number of hydrogen-bond acceptors (Lipinski definition) is 3. The van der Waals surface area contributed by atoms with E-state index in [0.29, 0.717) is 5.75 Å². The number of amides is 1. The molecule has 136 valence electrons. The zero-order chi connectivity index (χ0) is 19.1. The van der Waals surface area contributed by atoms with Crippen molar-refractivity contribution in [2.75, 3.05) is 6.61 Å². The monoisotopic (exact) mass is 358 g/mol. The van der Waals surface area contributed by atoms with Crippen LogP contribution in [0.3, 0.4) is 0 Å². The molecule has 1 amide bonds. The molecule has 0 radical (unpaired) electrons. The molecule has 3 aromatic rings. The fourth-order valence-corrected chi connectivity index (χ4v) is 2.77. The van der Waals surface area contributed by atoms with Gasteiger partial charge < -0.3 is 4.74 Å². The van der Waals surface area contributed by atoms with Gasteiger partial charge in [0.05, 0.1) is 6.21 Å². The maximum Gasteiger partial charge on any atom is 0.277 e. The maximum absolute atomic E-state index is 12.0. The standard InChI is InChI=1S/C23H22N2O2/c1-17-12-13-20(18(2)14-17)15-24-25-23(26)16-27-22-11-7-6-10-21(22)19-8-4-3-5-9-19/h3-15H,16H2,1-2H3,(H,25,26). The minimum Gasteiger partial charge on any atom is -0.483 e. The summed E-state index contributed by atoms with van der Waals surface area (Å²) in [4.78, 5) is 12.0. The number of nitrogens with one attached hydrogen (secondary N) is 1. The first kappa shape index (κ1) is 18.4. The number of para-hydroxylation sites is 1. The van der Waals surface area contributed by atoms with E-state index in [-0.39, 0.29) is 12.5 Å². The van der Waals surface area contributed by atoms with Crippen LogP contribution in [-0.2, 0) is 4.79 Å². The van der Waals surface area contributed by atoms with E-state index in [1.54, 1.807) is 6.21 Å². The Morgan fingerprint density at radius 2 is 1.74 bits per heavy atom. The lowest BCUT2D eigenvalue weighted by molar-refractivity contribution is -0.123. The molecule has 3 rings (SSSR count). The molecule has 3 aromatic carbocycles. The molecule has 0 saturated carbocycles. The molecule has 1 N–H and O–H groups in total. The van der Waals surface area contributed by atoms with Crippen LogP contribution in [-0.4, -0.2) is 18.7 Å². The Bertz CT molecular complexity index is 950. The zero-order valence-electron chi connectivity index (χ0n) is 15.5. The van der Waals surface area contributed by atoms with E-state index in [2.05, 4.69) is 16.6 Å². The van der Waals surface area contributed by atoms with Crippen molar-refractivity contribution in [3.05, 3.63) is 89.5 Å². The number of benzene rings is 3. The number of ether oxygens (including phenoxy) is 1. The molecule has 0 saturated heterocycles. The molecule has 0 atom stereocenters. The molecular weight excluding hydrogens is 336 g/mol. The van der Waals surface area contributed by atoms with Gasteiger partial charge in [-0.05, 0) is 36.6 Å². The summed E-state index contributed by atoms with van der Waals surface area (Å²) >= 11 is 0. The van der Waals surface area contributed by atoms with Gasteiger partial charge in [-0.25, -0.2) is 5.43 Å². The van der Waals surface area contributed by atoms with E-state index >= 15 is 0 Å². The number of hydrogen-bond donors (Lipinski definition) is 1. The van der Waals surface area contributed by atoms with Gasteiger partial charge in [-0.2, -0.15) is 5.10 Å². The molecule has 4 nitrogen and oxygen atoms in total. The Kier molecular flexibility index (Phi) is 6.00. The lowest BCUT2D eigenvalue weighted by Gasteiger charge is -2.11. The highest BCUT2D eigenvalue weighted by molar-refractivity contribution is 5.84. The van der Waals surface area contributed by atoms with Crippen molar-refractivity contribution in [3.63, 3.8) is 0 Å². The van der Waals surface area contributed by atoms with Crippen molar-refractivity contribution in [1.82, 2.24) is 5.43 Å². The first-order valence-corrected chi connectivity index (χ1v) is 8.80. The number of hydrazone groups is 1. The summed E-state index contributed by atoms with van der Waals surface area (Å²) < 4.78 is 5.71. The normalized spacial score (nSPS) is 10.7. The number of rotatable bonds is 6. The van der Waals surface area contributed by atoms with E-state index in [1.165, 1.54) is 5.56 Å². The van der Waals surface area contributed by atoms with Crippen molar-refractivity contribution in [1.29, 1.82) is 0 Å². The fraction of sp³-hybridized carbons (Fsp3) is 0.130. The SMILES string of the molecule is Cc1ccc(C=NNC(=O)COc2ccccc2-c2ccccc2)c(C)c1. The van der Waals surface area contributed by atoms with Crippen LogP contribution in [0.15, 0.2) is 77.9 Å². The molecule has 0 fully saturated rings. The third-order valence-electron chi connectivity index (χ3n) is 4.15. The van der Waals surface area contributed by atoms with Crippen LogP contribution in [0, 0.1) is 13.8 Å². The van der Waals surface area contributed by atoms with Crippen LogP contribution in [0.25, 0.3) is 11.1 Å². The van der Waals surface area contributed by atoms with Crippen LogP contribution in [0.2, 0.25) is 0 Å². The van der Waals surface area contributed by atoms with Crippen LogP contribution in [0.5, 0.6) is 5.75 Å². The number of carbonyl (C=O) groups is 1. The molecule has 0 aliphatic heterocycles. The van der Waals surface area contributed by atoms with Crippen LogP contribution >= 0.6 is 0 Å². The first-order chi connectivity index (χ1) is 13.1. The highest BCUT2D eigenvalue weighted by Gasteiger charge is 2.07. The number of aryl methyl sites for hydroxylation is 2. The van der Waals surface area contributed by atoms with Gasteiger partial charge in [0.25, 0.3) is 5.91 Å². The Hall–Kier alpha value is -3.40. The van der Waals surface area contributed by atoms with Gasteiger partial charge in [-0.3, -0.25) is 4.79 Å². The minimum absolute atomic E-state index is 0.103. The summed E-state index contributed by atoms with van der Waals surface area (Å²) in [5.74, 6) is 0.357. The summed E-state index contributed by atoms with van der Waals surface area (Å²) in [5, 5.41) is 4.02. The van der Waals surface area contributed by atoms with Crippen LogP contribution in [0.1, 0.15) is 16.7 Å². The molecule has 0 bridgehead atoms. The molecule has 27 heavy (non-hydrogen) atoms. The lowest BCUT2D eigenvalue weighted by atomic mass is 10.1. The summed E-state index contributed by atoms with van der Waals surface area (Å²) in [7, 11) is 0. The van der Waals surface area contributed by atoms with Crippen molar-refractivity contribution in [2.45, 2.75) is 13.8 Å². The van der Waals surface area contributed by atoms with Gasteiger partial charge in [0.1, 0.15) is 5.75 Å². The smallest absolute Gasteiger partial charge is 0.277 e. The first-order valence-electron chi connectivity index (χ1n) is 8.80. The van der Waals surface area contributed by atoms with E-state index in [1.807, 2.05) is 80.6 Å². The Morgan fingerprint density at radius 1 is 1.00 bits per heavy atom. The molecule has 0 aliphatic carbocycles. The van der Waals surface area contributed by atoms with Crippen molar-refractivity contribution in [2.24, 2.45) is 5.10 Å². The van der Waals surface area contributed by atoms with Crippen molar-refractivity contribution >= 4 is 12.1 Å². The average molecular weight is 358 g/mol. The summed E-state index contributed by atoms with van der Waals surface area (Å²) in [6.45, 7) is 3.95. The van der Waals surface area contributed by atoms with Crippen LogP contribution < -0.4 is 10.2 Å². The molecule has 0 aliphatic rings. The highest BCUT2D eigenvalue weighted by Crippen LogP contribution is 2.29. The average Bonchev–Trinajstić information content (AvgIpc) is 2.69. The lowest BCUT2D eigenvalue weighted by Crippen LogP contribution is -2.24. The summed E-state index contributed by atoms with van der Waals surface area (Å²) in [6, 6.07) is 23.7. The van der Waals surface area contributed by atoms with Crippen LogP contribution in [0.4, 0.5) is 0 Å². The molecular formula is C23H22N2O2. The van der Waals surface area contributed by atoms with Gasteiger partial charge in [0, 0.05) is 5.56 Å².